The molecule has 1 amide bonds. The Balaban J connectivity index is 1.56. The number of rotatable bonds is 6. The van der Waals surface area contributed by atoms with E-state index in [0.29, 0.717) is 0 Å². The summed E-state index contributed by atoms with van der Waals surface area (Å²) in [5.41, 5.74) is 0.728. The Morgan fingerprint density at radius 2 is 1.76 bits per heavy atom. The van der Waals surface area contributed by atoms with Gasteiger partial charge in [-0.3, -0.25) is 4.79 Å². The molecule has 0 radical (unpaired) electrons. The molecular weight excluding hydrogens is 354 g/mol. The van der Waals surface area contributed by atoms with E-state index in [4.69, 9.17) is 4.74 Å². The Bertz CT molecular complexity index is 835. The molecule has 5 nitrogen and oxygen atoms in total. The molecule has 0 aliphatic rings. The second kappa shape index (κ2) is 8.13. The summed E-state index contributed by atoms with van der Waals surface area (Å²) < 4.78 is 6.53. The summed E-state index contributed by atoms with van der Waals surface area (Å²) in [6.07, 6.45) is 0. The fourth-order valence-electron chi connectivity index (χ4n) is 2.01. The van der Waals surface area contributed by atoms with Crippen LogP contribution in [0.1, 0.15) is 11.9 Å². The van der Waals surface area contributed by atoms with E-state index in [9.17, 15) is 4.79 Å². The van der Waals surface area contributed by atoms with Crippen molar-refractivity contribution < 1.29 is 9.53 Å². The lowest BCUT2D eigenvalue weighted by Crippen LogP contribution is -2.22. The van der Waals surface area contributed by atoms with Crippen molar-refractivity contribution >= 4 is 34.7 Å². The molecule has 1 aromatic heterocycles. The first-order chi connectivity index (χ1) is 12.1. The van der Waals surface area contributed by atoms with Crippen molar-refractivity contribution in [3.63, 3.8) is 0 Å². The Kier molecular flexibility index (Phi) is 5.67. The molecule has 0 saturated heterocycles. The number of nitrogens with zero attached hydrogens (tertiary/aromatic N) is 2. The molecular formula is C18H17N3O2S2. The zero-order valence-corrected chi connectivity index (χ0v) is 15.4. The number of hydrogen-bond acceptors (Lipinski definition) is 6. The molecule has 0 spiro atoms. The van der Waals surface area contributed by atoms with Crippen LogP contribution in [0.2, 0.25) is 0 Å². The highest BCUT2D eigenvalue weighted by Crippen LogP contribution is 2.27. The first kappa shape index (κ1) is 17.4. The van der Waals surface area contributed by atoms with Gasteiger partial charge in [0.1, 0.15) is 16.5 Å². The van der Waals surface area contributed by atoms with E-state index in [-0.39, 0.29) is 11.2 Å². The number of aromatic nitrogens is 2. The molecule has 25 heavy (non-hydrogen) atoms. The number of nitrogens with one attached hydrogen (secondary N) is 1. The normalized spacial score (nSPS) is 11.8. The standard InChI is InChI=1S/C18H17N3O2S2/c1-12(24-18-21-20-13(2)25-18)17(22)19-14-8-10-16(11-9-14)23-15-6-4-3-5-7-15/h3-12H,1-2H3,(H,19,22). The van der Waals surface area contributed by atoms with Crippen molar-refractivity contribution in [2.24, 2.45) is 0 Å². The predicted octanol–water partition coefficient (Wildman–Crippen LogP) is 4.76. The van der Waals surface area contributed by atoms with Crippen LogP contribution in [-0.2, 0) is 4.79 Å². The van der Waals surface area contributed by atoms with Gasteiger partial charge in [-0.15, -0.1) is 10.2 Å². The topological polar surface area (TPSA) is 64.1 Å². The first-order valence-corrected chi connectivity index (χ1v) is 9.40. The van der Waals surface area contributed by atoms with Crippen molar-refractivity contribution in [3.8, 4) is 11.5 Å². The van der Waals surface area contributed by atoms with Crippen LogP contribution >= 0.6 is 23.1 Å². The summed E-state index contributed by atoms with van der Waals surface area (Å²) in [6.45, 7) is 3.75. The van der Waals surface area contributed by atoms with Crippen LogP contribution in [-0.4, -0.2) is 21.4 Å². The van der Waals surface area contributed by atoms with Crippen LogP contribution in [0.15, 0.2) is 58.9 Å². The molecule has 3 rings (SSSR count). The predicted molar refractivity (Wildman–Crippen MR) is 102 cm³/mol. The molecule has 0 fully saturated rings. The van der Waals surface area contributed by atoms with Crippen molar-refractivity contribution in [1.82, 2.24) is 10.2 Å². The zero-order chi connectivity index (χ0) is 17.6. The van der Waals surface area contributed by atoms with E-state index in [1.54, 1.807) is 0 Å². The minimum absolute atomic E-state index is 0.0745. The lowest BCUT2D eigenvalue weighted by atomic mass is 10.3. The lowest BCUT2D eigenvalue weighted by molar-refractivity contribution is -0.115. The number of carbonyl (C=O) groups excluding carboxylic acids is 1. The molecule has 1 heterocycles. The summed E-state index contributed by atoms with van der Waals surface area (Å²) in [5.74, 6) is 1.42. The zero-order valence-electron chi connectivity index (χ0n) is 13.8. The van der Waals surface area contributed by atoms with Crippen molar-refractivity contribution in [2.75, 3.05) is 5.32 Å². The molecule has 3 aromatic rings. The second-order valence-electron chi connectivity index (χ2n) is 5.28. The number of anilines is 1. The number of benzene rings is 2. The number of para-hydroxylation sites is 1. The monoisotopic (exact) mass is 371 g/mol. The molecule has 7 heteroatoms. The van der Waals surface area contributed by atoms with Gasteiger partial charge in [-0.2, -0.15) is 0 Å². The molecule has 128 valence electrons. The summed E-state index contributed by atoms with van der Waals surface area (Å²) in [5, 5.41) is 11.5. The SMILES string of the molecule is Cc1nnc(SC(C)C(=O)Nc2ccc(Oc3ccccc3)cc2)s1. The first-order valence-electron chi connectivity index (χ1n) is 7.71. The van der Waals surface area contributed by atoms with Gasteiger partial charge in [-0.05, 0) is 50.2 Å². The molecule has 0 aliphatic heterocycles. The van der Waals surface area contributed by atoms with Crippen LogP contribution in [0.5, 0.6) is 11.5 Å². The fraction of sp³-hybridized carbons (Fsp3) is 0.167. The largest absolute Gasteiger partial charge is 0.457 e. The molecule has 1 unspecified atom stereocenters. The number of hydrogen-bond donors (Lipinski definition) is 1. The average molecular weight is 371 g/mol. The van der Waals surface area contributed by atoms with Crippen LogP contribution < -0.4 is 10.1 Å². The maximum atomic E-state index is 12.3. The fourth-order valence-corrected chi connectivity index (χ4v) is 3.97. The quantitative estimate of drug-likeness (QED) is 0.633. The number of carbonyl (C=O) groups is 1. The smallest absolute Gasteiger partial charge is 0.237 e. The van der Waals surface area contributed by atoms with Crippen LogP contribution in [0, 0.1) is 6.92 Å². The third-order valence-corrected chi connectivity index (χ3v) is 5.28. The van der Waals surface area contributed by atoms with Gasteiger partial charge in [-0.1, -0.05) is 41.3 Å². The summed E-state index contributed by atoms with van der Waals surface area (Å²) >= 11 is 2.89. The lowest BCUT2D eigenvalue weighted by Gasteiger charge is -2.11. The van der Waals surface area contributed by atoms with E-state index >= 15 is 0 Å². The van der Waals surface area contributed by atoms with Gasteiger partial charge in [-0.25, -0.2) is 0 Å². The van der Waals surface area contributed by atoms with Gasteiger partial charge in [0.2, 0.25) is 5.91 Å². The van der Waals surface area contributed by atoms with Crippen molar-refractivity contribution in [1.29, 1.82) is 0 Å². The third kappa shape index (κ3) is 5.04. The average Bonchev–Trinajstić information content (AvgIpc) is 3.02. The van der Waals surface area contributed by atoms with E-state index in [1.807, 2.05) is 68.4 Å². The van der Waals surface area contributed by atoms with Crippen LogP contribution in [0.25, 0.3) is 0 Å². The van der Waals surface area contributed by atoms with Gasteiger partial charge in [0, 0.05) is 5.69 Å². The summed E-state index contributed by atoms with van der Waals surface area (Å²) in [7, 11) is 0. The second-order valence-corrected chi connectivity index (χ2v) is 8.05. The van der Waals surface area contributed by atoms with E-state index in [2.05, 4.69) is 15.5 Å². The maximum absolute atomic E-state index is 12.3. The Labute approximate surface area is 154 Å². The Hall–Kier alpha value is -2.38. The van der Waals surface area contributed by atoms with Gasteiger partial charge in [0.15, 0.2) is 4.34 Å². The van der Waals surface area contributed by atoms with Gasteiger partial charge in [0.05, 0.1) is 5.25 Å². The molecule has 1 atom stereocenters. The van der Waals surface area contributed by atoms with Crippen LogP contribution in [0.4, 0.5) is 5.69 Å². The van der Waals surface area contributed by atoms with Crippen molar-refractivity contribution in [2.45, 2.75) is 23.4 Å². The summed E-state index contributed by atoms with van der Waals surface area (Å²) in [6, 6.07) is 16.9. The van der Waals surface area contributed by atoms with E-state index in [1.165, 1.54) is 23.1 Å². The highest BCUT2D eigenvalue weighted by atomic mass is 32.2. The molecule has 0 aliphatic carbocycles. The Morgan fingerprint density at radius 3 is 2.40 bits per heavy atom. The van der Waals surface area contributed by atoms with Gasteiger partial charge in [0.25, 0.3) is 0 Å². The minimum atomic E-state index is -0.257. The molecule has 1 N–H and O–H groups in total. The number of ether oxygens (including phenoxy) is 1. The van der Waals surface area contributed by atoms with E-state index < -0.39 is 0 Å². The number of amides is 1. The maximum Gasteiger partial charge on any atom is 0.237 e. The highest BCUT2D eigenvalue weighted by Gasteiger charge is 2.16. The van der Waals surface area contributed by atoms with Gasteiger partial charge < -0.3 is 10.1 Å². The number of aryl methyl sites for hydroxylation is 1. The van der Waals surface area contributed by atoms with Crippen LogP contribution in [0.3, 0.4) is 0 Å². The van der Waals surface area contributed by atoms with Gasteiger partial charge >= 0.3 is 0 Å². The highest BCUT2D eigenvalue weighted by molar-refractivity contribution is 8.02. The minimum Gasteiger partial charge on any atom is -0.457 e. The van der Waals surface area contributed by atoms with Crippen molar-refractivity contribution in [3.05, 3.63) is 59.6 Å². The molecule has 0 saturated carbocycles. The number of thioether (sulfide) groups is 1. The third-order valence-electron chi connectivity index (χ3n) is 3.26. The summed E-state index contributed by atoms with van der Waals surface area (Å²) in [4.78, 5) is 12.3. The van der Waals surface area contributed by atoms with E-state index in [0.717, 1.165) is 26.5 Å². The Morgan fingerprint density at radius 1 is 1.08 bits per heavy atom. The molecule has 2 aromatic carbocycles. The molecule has 0 bridgehead atoms.